The van der Waals surface area contributed by atoms with Crippen molar-refractivity contribution in [2.45, 2.75) is 26.7 Å². The summed E-state index contributed by atoms with van der Waals surface area (Å²) in [4.78, 5) is 0. The highest BCUT2D eigenvalue weighted by molar-refractivity contribution is 6.05. The second-order valence-electron chi connectivity index (χ2n) is 4.35. The standard InChI is InChI=1S/C13H16FN3/c1-3-9-7-12(15)16-17-13(9)10-5-4-8(2)11(14)6-10/h4-6,9H,3,7H2,1-2H3,(H2,15,16). The lowest BCUT2D eigenvalue weighted by Gasteiger charge is -2.20. The maximum Gasteiger partial charge on any atom is 0.126 e. The Kier molecular flexibility index (Phi) is 3.22. The Hall–Kier alpha value is -1.71. The summed E-state index contributed by atoms with van der Waals surface area (Å²) in [6.45, 7) is 3.82. The maximum atomic E-state index is 13.5. The van der Waals surface area contributed by atoms with E-state index in [1.807, 2.05) is 6.07 Å². The lowest BCUT2D eigenvalue weighted by atomic mass is 9.90. The highest BCUT2D eigenvalue weighted by Gasteiger charge is 2.21. The molecule has 0 saturated heterocycles. The van der Waals surface area contributed by atoms with Crippen LogP contribution in [0.3, 0.4) is 0 Å². The highest BCUT2D eigenvalue weighted by atomic mass is 19.1. The molecule has 1 aromatic carbocycles. The van der Waals surface area contributed by atoms with Crippen LogP contribution in [0.5, 0.6) is 0 Å². The van der Waals surface area contributed by atoms with Gasteiger partial charge in [0.2, 0.25) is 0 Å². The molecule has 90 valence electrons. The zero-order valence-corrected chi connectivity index (χ0v) is 10.1. The molecule has 0 fully saturated rings. The van der Waals surface area contributed by atoms with Crippen LogP contribution >= 0.6 is 0 Å². The summed E-state index contributed by atoms with van der Waals surface area (Å²) in [5, 5.41) is 8.01. The fourth-order valence-corrected chi connectivity index (χ4v) is 1.97. The van der Waals surface area contributed by atoms with Gasteiger partial charge in [0.25, 0.3) is 0 Å². The number of benzene rings is 1. The number of hydrogen-bond donors (Lipinski definition) is 1. The Morgan fingerprint density at radius 1 is 1.41 bits per heavy atom. The van der Waals surface area contributed by atoms with Crippen LogP contribution in [0.2, 0.25) is 0 Å². The average molecular weight is 233 g/mol. The molecule has 0 saturated carbocycles. The van der Waals surface area contributed by atoms with Crippen molar-refractivity contribution in [3.8, 4) is 0 Å². The molecule has 2 rings (SSSR count). The number of nitrogens with two attached hydrogens (primary N) is 1. The van der Waals surface area contributed by atoms with E-state index in [9.17, 15) is 4.39 Å². The molecule has 1 heterocycles. The van der Waals surface area contributed by atoms with Crippen LogP contribution in [-0.2, 0) is 0 Å². The van der Waals surface area contributed by atoms with Crippen LogP contribution in [0, 0.1) is 18.7 Å². The molecule has 2 N–H and O–H groups in total. The summed E-state index contributed by atoms with van der Waals surface area (Å²) in [5.41, 5.74) is 7.94. The predicted molar refractivity (Wildman–Crippen MR) is 67.7 cm³/mol. The van der Waals surface area contributed by atoms with Gasteiger partial charge in [-0.15, -0.1) is 5.10 Å². The SMILES string of the molecule is CCC1CC(N)=NN=C1c1ccc(C)c(F)c1. The third-order valence-corrected chi connectivity index (χ3v) is 3.09. The first-order valence-electron chi connectivity index (χ1n) is 5.78. The molecule has 4 heteroatoms. The molecule has 0 amide bonds. The van der Waals surface area contributed by atoms with Gasteiger partial charge in [-0.3, -0.25) is 0 Å². The maximum absolute atomic E-state index is 13.5. The monoisotopic (exact) mass is 233 g/mol. The van der Waals surface area contributed by atoms with Gasteiger partial charge in [-0.25, -0.2) is 4.39 Å². The number of aryl methyl sites for hydroxylation is 1. The molecular weight excluding hydrogens is 217 g/mol. The van der Waals surface area contributed by atoms with E-state index in [2.05, 4.69) is 17.1 Å². The van der Waals surface area contributed by atoms with E-state index < -0.39 is 0 Å². The van der Waals surface area contributed by atoms with Crippen LogP contribution in [0.25, 0.3) is 0 Å². The number of amidine groups is 1. The molecule has 0 radical (unpaired) electrons. The topological polar surface area (TPSA) is 50.7 Å². The Morgan fingerprint density at radius 3 is 2.82 bits per heavy atom. The zero-order valence-electron chi connectivity index (χ0n) is 10.1. The Balaban J connectivity index is 2.40. The molecule has 0 aliphatic carbocycles. The minimum atomic E-state index is -0.206. The molecular formula is C13H16FN3. The van der Waals surface area contributed by atoms with Crippen molar-refractivity contribution >= 4 is 11.5 Å². The van der Waals surface area contributed by atoms with Gasteiger partial charge in [0.15, 0.2) is 0 Å². The summed E-state index contributed by atoms with van der Waals surface area (Å²) in [6, 6.07) is 5.17. The molecule has 1 atom stereocenters. The van der Waals surface area contributed by atoms with E-state index in [0.29, 0.717) is 17.8 Å². The van der Waals surface area contributed by atoms with Crippen molar-refractivity contribution in [1.29, 1.82) is 0 Å². The largest absolute Gasteiger partial charge is 0.386 e. The van der Waals surface area contributed by atoms with Gasteiger partial charge >= 0.3 is 0 Å². The Morgan fingerprint density at radius 2 is 2.18 bits per heavy atom. The van der Waals surface area contributed by atoms with E-state index in [0.717, 1.165) is 17.7 Å². The van der Waals surface area contributed by atoms with E-state index in [4.69, 9.17) is 5.73 Å². The fraction of sp³-hybridized carbons (Fsp3) is 0.385. The normalized spacial score (nSPS) is 19.8. The van der Waals surface area contributed by atoms with Crippen molar-refractivity contribution in [1.82, 2.24) is 0 Å². The molecule has 1 unspecified atom stereocenters. The van der Waals surface area contributed by atoms with E-state index >= 15 is 0 Å². The first kappa shape index (κ1) is 11.8. The minimum Gasteiger partial charge on any atom is -0.386 e. The molecule has 0 bridgehead atoms. The van der Waals surface area contributed by atoms with Crippen LogP contribution in [-0.4, -0.2) is 11.5 Å². The van der Waals surface area contributed by atoms with Gasteiger partial charge in [0.1, 0.15) is 11.7 Å². The van der Waals surface area contributed by atoms with Gasteiger partial charge in [0, 0.05) is 17.9 Å². The van der Waals surface area contributed by atoms with Crippen molar-refractivity contribution in [2.75, 3.05) is 0 Å². The van der Waals surface area contributed by atoms with Gasteiger partial charge in [-0.1, -0.05) is 19.1 Å². The zero-order chi connectivity index (χ0) is 12.4. The smallest absolute Gasteiger partial charge is 0.126 e. The van der Waals surface area contributed by atoms with Crippen molar-refractivity contribution in [3.63, 3.8) is 0 Å². The summed E-state index contributed by atoms with van der Waals surface area (Å²) >= 11 is 0. The third-order valence-electron chi connectivity index (χ3n) is 3.09. The molecule has 3 nitrogen and oxygen atoms in total. The fourth-order valence-electron chi connectivity index (χ4n) is 1.97. The van der Waals surface area contributed by atoms with E-state index in [1.54, 1.807) is 13.0 Å². The van der Waals surface area contributed by atoms with Gasteiger partial charge in [0.05, 0.1) is 5.71 Å². The van der Waals surface area contributed by atoms with Crippen molar-refractivity contribution in [3.05, 3.63) is 35.1 Å². The summed E-state index contributed by atoms with van der Waals surface area (Å²) in [5.74, 6) is 0.574. The van der Waals surface area contributed by atoms with Crippen molar-refractivity contribution in [2.24, 2.45) is 21.9 Å². The molecule has 17 heavy (non-hydrogen) atoms. The van der Waals surface area contributed by atoms with Crippen LogP contribution < -0.4 is 5.73 Å². The second-order valence-corrected chi connectivity index (χ2v) is 4.35. The van der Waals surface area contributed by atoms with E-state index in [-0.39, 0.29) is 11.7 Å². The molecule has 1 aromatic rings. The average Bonchev–Trinajstić information content (AvgIpc) is 2.32. The molecule has 0 spiro atoms. The summed E-state index contributed by atoms with van der Waals surface area (Å²) in [7, 11) is 0. The number of rotatable bonds is 2. The predicted octanol–water partition coefficient (Wildman–Crippen LogP) is 2.63. The quantitative estimate of drug-likeness (QED) is 0.838. The van der Waals surface area contributed by atoms with E-state index in [1.165, 1.54) is 6.07 Å². The Bertz CT molecular complexity index is 491. The van der Waals surface area contributed by atoms with Gasteiger partial charge in [-0.05, 0) is 25.0 Å². The first-order valence-corrected chi connectivity index (χ1v) is 5.78. The molecule has 0 aromatic heterocycles. The van der Waals surface area contributed by atoms with Crippen LogP contribution in [0.15, 0.2) is 28.4 Å². The van der Waals surface area contributed by atoms with Crippen LogP contribution in [0.1, 0.15) is 30.9 Å². The number of hydrogen-bond acceptors (Lipinski definition) is 3. The summed E-state index contributed by atoms with van der Waals surface area (Å²) in [6.07, 6.45) is 1.62. The van der Waals surface area contributed by atoms with Gasteiger partial charge < -0.3 is 5.73 Å². The lowest BCUT2D eigenvalue weighted by Crippen LogP contribution is -2.26. The lowest BCUT2D eigenvalue weighted by molar-refractivity contribution is 0.617. The second kappa shape index (κ2) is 4.65. The minimum absolute atomic E-state index is 0.206. The third kappa shape index (κ3) is 2.35. The first-order chi connectivity index (χ1) is 8.11. The van der Waals surface area contributed by atoms with Gasteiger partial charge in [-0.2, -0.15) is 5.10 Å². The van der Waals surface area contributed by atoms with Crippen LogP contribution in [0.4, 0.5) is 4.39 Å². The number of halogens is 1. The van der Waals surface area contributed by atoms with Crippen molar-refractivity contribution < 1.29 is 4.39 Å². The molecule has 1 aliphatic rings. The highest BCUT2D eigenvalue weighted by Crippen LogP contribution is 2.22. The Labute approximate surface area is 100 Å². The number of nitrogens with zero attached hydrogens (tertiary/aromatic N) is 2. The molecule has 1 aliphatic heterocycles. The summed E-state index contributed by atoms with van der Waals surface area (Å²) < 4.78 is 13.5.